The van der Waals surface area contributed by atoms with Crippen LogP contribution >= 0.6 is 0 Å². The average Bonchev–Trinajstić information content (AvgIpc) is 2.83. The minimum absolute atomic E-state index is 0.419. The van der Waals surface area contributed by atoms with Crippen LogP contribution in [0.3, 0.4) is 0 Å². The molecule has 0 N–H and O–H groups in total. The zero-order valence-corrected chi connectivity index (χ0v) is 16.2. The third-order valence-electron chi connectivity index (χ3n) is 4.83. The van der Waals surface area contributed by atoms with Gasteiger partial charge in [0.25, 0.3) is 0 Å². The fourth-order valence-corrected chi connectivity index (χ4v) is 6.10. The van der Waals surface area contributed by atoms with Crippen molar-refractivity contribution in [3.63, 3.8) is 0 Å². The Morgan fingerprint density at radius 2 is 1.57 bits per heavy atom. The van der Waals surface area contributed by atoms with Crippen molar-refractivity contribution in [1.82, 2.24) is 0 Å². The molecule has 2 aromatic carbocycles. The van der Waals surface area contributed by atoms with Gasteiger partial charge in [-0.25, -0.2) is 0 Å². The first-order valence-electron chi connectivity index (χ1n) is 8.62. The van der Waals surface area contributed by atoms with Crippen molar-refractivity contribution in [3.8, 4) is 0 Å². The summed E-state index contributed by atoms with van der Waals surface area (Å²) in [5.41, 5.74) is 9.01. The van der Waals surface area contributed by atoms with E-state index in [9.17, 15) is 0 Å². The molecule has 23 heavy (non-hydrogen) atoms. The number of hydrogen-bond donors (Lipinski definition) is 0. The second-order valence-electron chi connectivity index (χ2n) is 6.79. The smallest absolute Gasteiger partial charge is 0.0658 e. The summed E-state index contributed by atoms with van der Waals surface area (Å²) >= 11 is 0. The molecule has 0 aromatic heterocycles. The first kappa shape index (κ1) is 16.0. The molecule has 3 rings (SSSR count). The largest absolute Gasteiger partial charge is 0.0882 e. The molecule has 0 fully saturated rings. The van der Waals surface area contributed by atoms with Crippen LogP contribution in [0.1, 0.15) is 43.4 Å². The average molecular weight is 319 g/mol. The van der Waals surface area contributed by atoms with Crippen LogP contribution in [-0.2, 0) is 0 Å². The normalized spacial score (nSPS) is 15.3. The van der Waals surface area contributed by atoms with E-state index in [1.807, 2.05) is 0 Å². The lowest BCUT2D eigenvalue weighted by Gasteiger charge is -2.13. The summed E-state index contributed by atoms with van der Waals surface area (Å²) in [7, 11) is -0.419. The molecule has 0 nitrogen and oxygen atoms in total. The second-order valence-corrected chi connectivity index (χ2v) is 8.66. The maximum absolute atomic E-state index is 2.37. The van der Waals surface area contributed by atoms with Gasteiger partial charge in [-0.05, 0) is 50.3 Å². The van der Waals surface area contributed by atoms with Crippen LogP contribution in [0.5, 0.6) is 0 Å². The molecule has 1 heteroatoms. The van der Waals surface area contributed by atoms with Gasteiger partial charge in [0.2, 0.25) is 0 Å². The highest BCUT2D eigenvalue weighted by Gasteiger charge is 2.22. The Morgan fingerprint density at radius 1 is 0.913 bits per heavy atom. The van der Waals surface area contributed by atoms with Crippen molar-refractivity contribution in [3.05, 3.63) is 81.6 Å². The predicted molar refractivity (Wildman–Crippen MR) is 105 cm³/mol. The lowest BCUT2D eigenvalue weighted by Crippen LogP contribution is -2.17. The van der Waals surface area contributed by atoms with Gasteiger partial charge in [-0.2, -0.15) is 0 Å². The number of allylic oxidation sites excluding steroid dienone is 4. The zero-order chi connectivity index (χ0) is 16.4. The third-order valence-corrected chi connectivity index (χ3v) is 6.92. The molecule has 0 spiro atoms. The molecule has 0 aliphatic heterocycles. The van der Waals surface area contributed by atoms with E-state index < -0.39 is 9.52 Å². The highest BCUT2D eigenvalue weighted by molar-refractivity contribution is 6.63. The van der Waals surface area contributed by atoms with E-state index in [-0.39, 0.29) is 0 Å². The van der Waals surface area contributed by atoms with Gasteiger partial charge < -0.3 is 0 Å². The Balaban J connectivity index is 2.08. The monoisotopic (exact) mass is 318 g/mol. The molecule has 2 aromatic rings. The Labute approximate surface area is 142 Å². The molecule has 0 atom stereocenters. The fraction of sp³-hybridized carbons (Fsp3) is 0.273. The quantitative estimate of drug-likeness (QED) is 0.721. The van der Waals surface area contributed by atoms with Gasteiger partial charge in [-0.3, -0.25) is 0 Å². The first-order valence-corrected chi connectivity index (χ1v) is 10.0. The van der Waals surface area contributed by atoms with Crippen molar-refractivity contribution in [2.75, 3.05) is 0 Å². The van der Waals surface area contributed by atoms with Crippen LogP contribution in [0.25, 0.3) is 5.57 Å². The first-order chi connectivity index (χ1) is 11.1. The molecule has 1 aliphatic rings. The van der Waals surface area contributed by atoms with Gasteiger partial charge in [0.1, 0.15) is 0 Å². The number of rotatable bonds is 4. The molecule has 118 valence electrons. The Kier molecular flexibility index (Phi) is 4.68. The molecule has 1 aliphatic carbocycles. The molecular formula is C22H26Si. The van der Waals surface area contributed by atoms with E-state index in [0.717, 1.165) is 12.8 Å². The maximum atomic E-state index is 2.37. The van der Waals surface area contributed by atoms with E-state index in [1.54, 1.807) is 27.1 Å². The van der Waals surface area contributed by atoms with Gasteiger partial charge in [0, 0.05) is 0 Å². The summed E-state index contributed by atoms with van der Waals surface area (Å²) in [5, 5.41) is 3.24. The van der Waals surface area contributed by atoms with E-state index >= 15 is 0 Å². The van der Waals surface area contributed by atoms with Crippen LogP contribution in [0.15, 0.2) is 64.9 Å². The third kappa shape index (κ3) is 3.40. The summed E-state index contributed by atoms with van der Waals surface area (Å²) in [6.45, 7) is 9.05. The summed E-state index contributed by atoms with van der Waals surface area (Å²) in [6.07, 6.45) is 2.30. The van der Waals surface area contributed by atoms with Crippen molar-refractivity contribution < 1.29 is 0 Å². The van der Waals surface area contributed by atoms with Crippen LogP contribution < -0.4 is 5.19 Å². The van der Waals surface area contributed by atoms with E-state index in [4.69, 9.17) is 0 Å². The van der Waals surface area contributed by atoms with Crippen molar-refractivity contribution in [1.29, 1.82) is 0 Å². The molecular weight excluding hydrogens is 292 g/mol. The van der Waals surface area contributed by atoms with Crippen molar-refractivity contribution in [2.45, 2.75) is 40.5 Å². The highest BCUT2D eigenvalue weighted by Crippen LogP contribution is 2.39. The SMILES string of the molecule is CCC1=C(C)CC(c2cc(C)cc(C)c2)=C1[SiH2]c1ccccc1. The summed E-state index contributed by atoms with van der Waals surface area (Å²) in [6, 6.07) is 18.1. The molecule has 0 radical (unpaired) electrons. The lowest BCUT2D eigenvalue weighted by molar-refractivity contribution is 1.10. The second kappa shape index (κ2) is 6.72. The van der Waals surface area contributed by atoms with Crippen molar-refractivity contribution in [2.24, 2.45) is 0 Å². The van der Waals surface area contributed by atoms with E-state index in [0.29, 0.717) is 0 Å². The minimum atomic E-state index is -0.419. The van der Waals surface area contributed by atoms with Gasteiger partial charge in [0.15, 0.2) is 0 Å². The fourth-order valence-electron chi connectivity index (χ4n) is 3.87. The highest BCUT2D eigenvalue weighted by atomic mass is 28.2. The van der Waals surface area contributed by atoms with Gasteiger partial charge in [-0.15, -0.1) is 0 Å². The topological polar surface area (TPSA) is 0 Å². The van der Waals surface area contributed by atoms with Crippen LogP contribution in [0, 0.1) is 13.8 Å². The van der Waals surface area contributed by atoms with Crippen LogP contribution in [0.4, 0.5) is 0 Å². The zero-order valence-electron chi connectivity index (χ0n) is 14.7. The van der Waals surface area contributed by atoms with Crippen LogP contribution in [-0.4, -0.2) is 9.52 Å². The summed E-state index contributed by atoms with van der Waals surface area (Å²) in [5.74, 6) is 0. The van der Waals surface area contributed by atoms with Gasteiger partial charge in [-0.1, -0.05) is 82.5 Å². The Hall–Kier alpha value is -1.86. The van der Waals surface area contributed by atoms with E-state index in [1.165, 1.54) is 16.7 Å². The molecule has 0 bridgehead atoms. The van der Waals surface area contributed by atoms with Gasteiger partial charge in [0.05, 0.1) is 9.52 Å². The molecule has 0 saturated heterocycles. The lowest BCUT2D eigenvalue weighted by atomic mass is 9.99. The van der Waals surface area contributed by atoms with Crippen LogP contribution in [0.2, 0.25) is 0 Å². The number of aryl methyl sites for hydroxylation is 2. The standard InChI is InChI=1S/C22H26Si/c1-5-20-17(4)14-21(18-12-15(2)11-16(3)13-18)22(20)23-19-9-7-6-8-10-19/h6-13H,5,14,23H2,1-4H3. The predicted octanol–water partition coefficient (Wildman–Crippen LogP) is 4.64. The summed E-state index contributed by atoms with van der Waals surface area (Å²) in [4.78, 5) is 0. The Bertz CT molecular complexity index is 759. The molecule has 0 amide bonds. The molecule has 0 saturated carbocycles. The Morgan fingerprint density at radius 3 is 2.17 bits per heavy atom. The minimum Gasteiger partial charge on any atom is -0.0658 e. The number of benzene rings is 2. The van der Waals surface area contributed by atoms with E-state index in [2.05, 4.69) is 76.2 Å². The van der Waals surface area contributed by atoms with Gasteiger partial charge >= 0.3 is 0 Å². The molecule has 0 heterocycles. The summed E-state index contributed by atoms with van der Waals surface area (Å²) < 4.78 is 0. The van der Waals surface area contributed by atoms with Crippen molar-refractivity contribution >= 4 is 20.3 Å². The molecule has 0 unspecified atom stereocenters. The number of hydrogen-bond acceptors (Lipinski definition) is 0. The maximum Gasteiger partial charge on any atom is 0.0882 e.